The molecule has 0 atom stereocenters. The third kappa shape index (κ3) is 6.93. The van der Waals surface area contributed by atoms with Crippen LogP contribution in [-0.2, 0) is 11.3 Å². The Bertz CT molecular complexity index is 607. The number of unbranched alkanes of at least 4 members (excludes halogenated alkanes) is 1. The van der Waals surface area contributed by atoms with Crippen molar-refractivity contribution in [2.45, 2.75) is 57.5 Å². The molecule has 0 aliphatic heterocycles. The van der Waals surface area contributed by atoms with Crippen LogP contribution < -0.4 is 20.1 Å². The van der Waals surface area contributed by atoms with Crippen LogP contribution in [0.25, 0.3) is 0 Å². The van der Waals surface area contributed by atoms with Gasteiger partial charge in [0, 0.05) is 19.0 Å². The first kappa shape index (κ1) is 20.1. The van der Waals surface area contributed by atoms with Crippen LogP contribution in [0.3, 0.4) is 0 Å². The van der Waals surface area contributed by atoms with E-state index in [4.69, 9.17) is 14.7 Å². The Morgan fingerprint density at radius 1 is 1.27 bits per heavy atom. The summed E-state index contributed by atoms with van der Waals surface area (Å²) in [5, 5.41) is 14.9. The van der Waals surface area contributed by atoms with Gasteiger partial charge in [0.05, 0.1) is 26.3 Å². The maximum Gasteiger partial charge on any atom is 0.234 e. The number of nitrogens with zero attached hydrogens (tertiary/aromatic N) is 1. The van der Waals surface area contributed by atoms with E-state index < -0.39 is 0 Å². The molecule has 0 heterocycles. The van der Waals surface area contributed by atoms with Crippen molar-refractivity contribution in [2.24, 2.45) is 0 Å². The summed E-state index contributed by atoms with van der Waals surface area (Å²) >= 11 is 0. The fourth-order valence-corrected chi connectivity index (χ4v) is 3.12. The second-order valence-electron chi connectivity index (χ2n) is 6.60. The van der Waals surface area contributed by atoms with Crippen molar-refractivity contribution in [3.63, 3.8) is 0 Å². The second kappa shape index (κ2) is 11.4. The number of carbonyl (C=O) groups is 1. The van der Waals surface area contributed by atoms with Crippen molar-refractivity contribution in [3.05, 3.63) is 23.8 Å². The van der Waals surface area contributed by atoms with Crippen LogP contribution >= 0.6 is 0 Å². The van der Waals surface area contributed by atoms with Crippen molar-refractivity contribution in [2.75, 3.05) is 20.3 Å². The minimum atomic E-state index is 0.0541. The van der Waals surface area contributed by atoms with Crippen LogP contribution in [0.5, 0.6) is 11.5 Å². The molecule has 0 bridgehead atoms. The molecule has 1 aromatic rings. The number of carbonyl (C=O) groups excluding carboxylic acids is 1. The summed E-state index contributed by atoms with van der Waals surface area (Å²) in [6.07, 6.45) is 7.04. The van der Waals surface area contributed by atoms with E-state index in [2.05, 4.69) is 16.7 Å². The van der Waals surface area contributed by atoms with Gasteiger partial charge >= 0.3 is 0 Å². The fourth-order valence-electron chi connectivity index (χ4n) is 3.12. The lowest BCUT2D eigenvalue weighted by molar-refractivity contribution is -0.121. The molecule has 2 N–H and O–H groups in total. The summed E-state index contributed by atoms with van der Waals surface area (Å²) in [6, 6.07) is 8.17. The highest BCUT2D eigenvalue weighted by Crippen LogP contribution is 2.28. The molecule has 142 valence electrons. The van der Waals surface area contributed by atoms with Crippen LogP contribution in [0, 0.1) is 11.3 Å². The molecule has 6 heteroatoms. The van der Waals surface area contributed by atoms with Gasteiger partial charge in [-0.3, -0.25) is 4.79 Å². The van der Waals surface area contributed by atoms with Crippen molar-refractivity contribution in [1.82, 2.24) is 10.6 Å². The zero-order chi connectivity index (χ0) is 18.6. The maximum absolute atomic E-state index is 12.0. The average molecular weight is 359 g/mol. The Morgan fingerprint density at radius 3 is 2.81 bits per heavy atom. The highest BCUT2D eigenvalue weighted by molar-refractivity contribution is 5.78. The van der Waals surface area contributed by atoms with E-state index in [0.29, 0.717) is 50.1 Å². The first-order chi connectivity index (χ1) is 12.7. The van der Waals surface area contributed by atoms with Crippen molar-refractivity contribution >= 4 is 5.91 Å². The Hall–Kier alpha value is -2.26. The van der Waals surface area contributed by atoms with Gasteiger partial charge in [-0.1, -0.05) is 25.3 Å². The van der Waals surface area contributed by atoms with Gasteiger partial charge in [0.2, 0.25) is 5.91 Å². The van der Waals surface area contributed by atoms with Crippen molar-refractivity contribution in [3.8, 4) is 17.6 Å². The van der Waals surface area contributed by atoms with Crippen LogP contribution in [-0.4, -0.2) is 32.2 Å². The highest BCUT2D eigenvalue weighted by atomic mass is 16.5. The van der Waals surface area contributed by atoms with E-state index >= 15 is 0 Å². The Labute approximate surface area is 155 Å². The fraction of sp³-hybridized carbons (Fsp3) is 0.600. The molecular weight excluding hydrogens is 330 g/mol. The van der Waals surface area contributed by atoms with Crippen LogP contribution in [0.1, 0.15) is 50.5 Å². The predicted octanol–water partition coefficient (Wildman–Crippen LogP) is 2.92. The summed E-state index contributed by atoms with van der Waals surface area (Å²) in [5.41, 5.74) is 1.02. The van der Waals surface area contributed by atoms with Gasteiger partial charge in [-0.15, -0.1) is 0 Å². The molecule has 0 saturated heterocycles. The third-order valence-electron chi connectivity index (χ3n) is 4.50. The quantitative estimate of drug-likeness (QED) is 0.628. The van der Waals surface area contributed by atoms with E-state index in [1.54, 1.807) is 7.11 Å². The number of hydrogen-bond donors (Lipinski definition) is 2. The summed E-state index contributed by atoms with van der Waals surface area (Å²) in [4.78, 5) is 12.0. The van der Waals surface area contributed by atoms with E-state index in [1.165, 1.54) is 19.3 Å². The zero-order valence-corrected chi connectivity index (χ0v) is 15.6. The van der Waals surface area contributed by atoms with E-state index in [9.17, 15) is 4.79 Å². The van der Waals surface area contributed by atoms with Crippen LogP contribution in [0.4, 0.5) is 0 Å². The van der Waals surface area contributed by atoms with Crippen LogP contribution in [0.2, 0.25) is 0 Å². The molecule has 1 fully saturated rings. The number of hydrogen-bond acceptors (Lipinski definition) is 5. The number of ether oxygens (including phenoxy) is 2. The molecule has 0 radical (unpaired) electrons. The Morgan fingerprint density at radius 2 is 2.08 bits per heavy atom. The van der Waals surface area contributed by atoms with Gasteiger partial charge in [0.15, 0.2) is 11.5 Å². The van der Waals surface area contributed by atoms with E-state index in [0.717, 1.165) is 18.4 Å². The lowest BCUT2D eigenvalue weighted by atomic mass is 9.95. The van der Waals surface area contributed by atoms with Crippen LogP contribution in [0.15, 0.2) is 18.2 Å². The zero-order valence-electron chi connectivity index (χ0n) is 15.6. The Balaban J connectivity index is 1.77. The minimum absolute atomic E-state index is 0.0541. The second-order valence-corrected chi connectivity index (χ2v) is 6.60. The summed E-state index contributed by atoms with van der Waals surface area (Å²) in [5.74, 6) is 1.38. The SMILES string of the molecule is COc1ccc(CNCC(=O)NC2CCCCC2)cc1OCCCC#N. The summed E-state index contributed by atoms with van der Waals surface area (Å²) in [6.45, 7) is 1.36. The standard InChI is InChI=1S/C20H29N3O3/c1-25-18-10-9-16(13-19(18)26-12-6-5-11-21)14-22-15-20(24)23-17-7-3-2-4-8-17/h9-10,13,17,22H,2-8,12,14-15H2,1H3,(H,23,24). The average Bonchev–Trinajstić information content (AvgIpc) is 2.66. The van der Waals surface area contributed by atoms with Gasteiger partial charge < -0.3 is 20.1 Å². The molecule has 6 nitrogen and oxygen atoms in total. The van der Waals surface area contributed by atoms with Gasteiger partial charge in [-0.2, -0.15) is 5.26 Å². The molecular formula is C20H29N3O3. The number of benzene rings is 1. The summed E-state index contributed by atoms with van der Waals surface area (Å²) < 4.78 is 11.0. The molecule has 0 aromatic heterocycles. The third-order valence-corrected chi connectivity index (χ3v) is 4.50. The predicted molar refractivity (Wildman–Crippen MR) is 100 cm³/mol. The normalized spacial score (nSPS) is 14.5. The molecule has 1 amide bonds. The number of nitrogens with one attached hydrogen (secondary N) is 2. The van der Waals surface area contributed by atoms with Crippen molar-refractivity contribution < 1.29 is 14.3 Å². The minimum Gasteiger partial charge on any atom is -0.493 e. The summed E-state index contributed by atoms with van der Waals surface area (Å²) in [7, 11) is 1.60. The molecule has 26 heavy (non-hydrogen) atoms. The smallest absolute Gasteiger partial charge is 0.234 e. The molecule has 1 aliphatic carbocycles. The van der Waals surface area contributed by atoms with Crippen molar-refractivity contribution in [1.29, 1.82) is 5.26 Å². The van der Waals surface area contributed by atoms with Gasteiger partial charge in [-0.25, -0.2) is 0 Å². The highest BCUT2D eigenvalue weighted by Gasteiger charge is 2.15. The molecule has 1 saturated carbocycles. The number of rotatable bonds is 10. The topological polar surface area (TPSA) is 83.4 Å². The molecule has 2 rings (SSSR count). The molecule has 1 aromatic carbocycles. The number of amides is 1. The monoisotopic (exact) mass is 359 g/mol. The largest absolute Gasteiger partial charge is 0.493 e. The molecule has 0 unspecified atom stereocenters. The van der Waals surface area contributed by atoms with Gasteiger partial charge in [0.25, 0.3) is 0 Å². The number of nitriles is 1. The molecule has 1 aliphatic rings. The van der Waals surface area contributed by atoms with E-state index in [-0.39, 0.29) is 5.91 Å². The first-order valence-corrected chi connectivity index (χ1v) is 9.39. The van der Waals surface area contributed by atoms with E-state index in [1.807, 2.05) is 18.2 Å². The first-order valence-electron chi connectivity index (χ1n) is 9.39. The Kier molecular flexibility index (Phi) is 8.77. The number of methoxy groups -OCH3 is 1. The lowest BCUT2D eigenvalue weighted by Gasteiger charge is -2.22. The maximum atomic E-state index is 12.0. The lowest BCUT2D eigenvalue weighted by Crippen LogP contribution is -2.41. The van der Waals surface area contributed by atoms with Gasteiger partial charge in [-0.05, 0) is 37.0 Å². The molecule has 0 spiro atoms. The van der Waals surface area contributed by atoms with Gasteiger partial charge in [0.1, 0.15) is 0 Å².